The highest BCUT2D eigenvalue weighted by atomic mass is 35.6. The smallest absolute Gasteiger partial charge is 0.230 e. The van der Waals surface area contributed by atoms with Crippen molar-refractivity contribution in [3.8, 4) is 0 Å². The highest BCUT2D eigenvalue weighted by molar-refractivity contribution is 6.75. The second-order valence-corrected chi connectivity index (χ2v) is 6.50. The molecule has 0 saturated carbocycles. The lowest BCUT2D eigenvalue weighted by Crippen LogP contribution is -2.48. The number of benzene rings is 1. The van der Waals surface area contributed by atoms with Crippen LogP contribution in [0.1, 0.15) is 20.8 Å². The third-order valence-corrected chi connectivity index (χ3v) is 3.81. The average Bonchev–Trinajstić information content (AvgIpc) is 2.42. The second-order valence-electron chi connectivity index (χ2n) is 4.21. The summed E-state index contributed by atoms with van der Waals surface area (Å²) in [6.07, 6.45) is 0. The second kappa shape index (κ2) is 8.73. The zero-order valence-electron chi connectivity index (χ0n) is 11.9. The van der Waals surface area contributed by atoms with E-state index in [0.29, 0.717) is 0 Å². The maximum Gasteiger partial charge on any atom is 0.230 e. The molecule has 0 N–H and O–H groups in total. The highest BCUT2D eigenvalue weighted by Gasteiger charge is 2.23. The fourth-order valence-electron chi connectivity index (χ4n) is 1.96. The molecule has 0 unspecified atom stereocenters. The number of halogens is 3. The van der Waals surface area contributed by atoms with Gasteiger partial charge in [-0.05, 0) is 32.9 Å². The van der Waals surface area contributed by atoms with Crippen LogP contribution in [0.4, 0.5) is 5.69 Å². The van der Waals surface area contributed by atoms with Gasteiger partial charge >= 0.3 is 0 Å². The summed E-state index contributed by atoms with van der Waals surface area (Å²) in [5.74, 6) is -1.71. The summed E-state index contributed by atoms with van der Waals surface area (Å²) in [6.45, 7) is 10.3. The first-order chi connectivity index (χ1) is 9.23. The molecule has 1 rings (SSSR count). The number of para-hydroxylation sites is 1. The molecule has 20 heavy (non-hydrogen) atoms. The summed E-state index contributed by atoms with van der Waals surface area (Å²) in [4.78, 5) is 9.51. The van der Waals surface area contributed by atoms with Crippen LogP contribution < -0.4 is 9.59 Å². The SMILES string of the molecule is CC[N+](CC)(CC)c1ccccc1.O=C([O-])C(Cl)(Cl)Cl. The minimum atomic E-state index is -2.28. The van der Waals surface area contributed by atoms with Crippen molar-refractivity contribution in [3.05, 3.63) is 30.3 Å². The molecule has 0 aliphatic carbocycles. The Hall–Kier alpha value is -0.480. The number of hydrogen-bond acceptors (Lipinski definition) is 2. The first-order valence-electron chi connectivity index (χ1n) is 6.43. The molecule has 0 amide bonds. The molecule has 1 aromatic rings. The molecule has 114 valence electrons. The Labute approximate surface area is 135 Å². The summed E-state index contributed by atoms with van der Waals surface area (Å²) in [5, 5.41) is 9.51. The molecule has 0 spiro atoms. The van der Waals surface area contributed by atoms with Crippen molar-refractivity contribution >= 4 is 46.5 Å². The van der Waals surface area contributed by atoms with Crippen LogP contribution in [-0.2, 0) is 4.79 Å². The van der Waals surface area contributed by atoms with Crippen molar-refractivity contribution < 1.29 is 9.90 Å². The lowest BCUT2D eigenvalue weighted by molar-refractivity contribution is -0.304. The first kappa shape index (κ1) is 19.5. The lowest BCUT2D eigenvalue weighted by Gasteiger charge is -2.35. The van der Waals surface area contributed by atoms with E-state index in [4.69, 9.17) is 34.8 Å². The van der Waals surface area contributed by atoms with Gasteiger partial charge in [0.05, 0.1) is 25.6 Å². The highest BCUT2D eigenvalue weighted by Crippen LogP contribution is 2.24. The van der Waals surface area contributed by atoms with Gasteiger partial charge in [0.1, 0.15) is 5.69 Å². The predicted octanol–water partition coefficient (Wildman–Crippen LogP) is 3.16. The lowest BCUT2D eigenvalue weighted by atomic mass is 10.2. The number of carboxylic acids is 1. The van der Waals surface area contributed by atoms with E-state index in [1.807, 2.05) is 0 Å². The number of hydrogen-bond donors (Lipinski definition) is 0. The zero-order valence-corrected chi connectivity index (χ0v) is 14.2. The predicted molar refractivity (Wildman–Crippen MR) is 85.2 cm³/mol. The fraction of sp³-hybridized carbons (Fsp3) is 0.500. The third kappa shape index (κ3) is 5.88. The Morgan fingerprint density at radius 1 is 1.05 bits per heavy atom. The normalized spacial score (nSPS) is 11.5. The number of carbonyl (C=O) groups excluding carboxylic acids is 1. The molecule has 0 aliphatic heterocycles. The number of rotatable bonds is 4. The molecule has 0 aliphatic rings. The molecule has 0 saturated heterocycles. The topological polar surface area (TPSA) is 40.1 Å². The Kier molecular flexibility index (Phi) is 8.52. The Morgan fingerprint density at radius 3 is 1.65 bits per heavy atom. The standard InChI is InChI=1S/C12H20N.C2HCl3O2/c1-4-13(5-2,6-3)12-10-8-7-9-11-12;3-2(4,5)1(6)7/h7-11H,4-6H2,1-3H3;(H,6,7)/q+1;/p-1. The van der Waals surface area contributed by atoms with Gasteiger partial charge in [-0.2, -0.15) is 0 Å². The van der Waals surface area contributed by atoms with E-state index in [0.717, 1.165) is 4.48 Å². The number of alkyl halides is 3. The summed E-state index contributed by atoms with van der Waals surface area (Å²) < 4.78 is -1.18. The van der Waals surface area contributed by atoms with Crippen molar-refractivity contribution in [2.75, 3.05) is 19.6 Å². The first-order valence-corrected chi connectivity index (χ1v) is 7.56. The number of nitrogens with zero attached hydrogens (tertiary/aromatic N) is 1. The van der Waals surface area contributed by atoms with Gasteiger partial charge in [0.2, 0.25) is 3.79 Å². The van der Waals surface area contributed by atoms with Crippen LogP contribution in [0.5, 0.6) is 0 Å². The van der Waals surface area contributed by atoms with Crippen LogP contribution in [0.15, 0.2) is 30.3 Å². The third-order valence-electron chi connectivity index (χ3n) is 3.35. The van der Waals surface area contributed by atoms with Crippen molar-refractivity contribution in [1.29, 1.82) is 0 Å². The number of quaternary nitrogens is 1. The maximum atomic E-state index is 9.51. The van der Waals surface area contributed by atoms with E-state index in [1.165, 1.54) is 25.3 Å². The van der Waals surface area contributed by atoms with E-state index in [1.54, 1.807) is 0 Å². The summed E-state index contributed by atoms with van der Waals surface area (Å²) in [5.41, 5.74) is 1.44. The van der Waals surface area contributed by atoms with Crippen molar-refractivity contribution in [3.63, 3.8) is 0 Å². The minimum Gasteiger partial charge on any atom is -0.545 e. The van der Waals surface area contributed by atoms with Gasteiger partial charge in [0.15, 0.2) is 0 Å². The molecule has 1 aromatic carbocycles. The number of aliphatic carboxylic acids is 1. The molecular formula is C14H20Cl3NO2. The molecule has 0 aromatic heterocycles. The van der Waals surface area contributed by atoms with E-state index in [9.17, 15) is 9.90 Å². The minimum absolute atomic E-state index is 1.10. The van der Waals surface area contributed by atoms with Crippen molar-refractivity contribution in [2.24, 2.45) is 0 Å². The quantitative estimate of drug-likeness (QED) is 0.624. The van der Waals surface area contributed by atoms with Crippen LogP contribution in [0, 0.1) is 0 Å². The molecule has 0 heterocycles. The molecule has 0 bridgehead atoms. The van der Waals surface area contributed by atoms with Gasteiger partial charge < -0.3 is 9.90 Å². The van der Waals surface area contributed by atoms with Crippen LogP contribution in [0.25, 0.3) is 0 Å². The van der Waals surface area contributed by atoms with Gasteiger partial charge in [0.25, 0.3) is 0 Å². The van der Waals surface area contributed by atoms with Gasteiger partial charge in [0, 0.05) is 0 Å². The molecular weight excluding hydrogens is 321 g/mol. The van der Waals surface area contributed by atoms with Crippen LogP contribution in [0.2, 0.25) is 0 Å². The average molecular weight is 341 g/mol. The molecule has 0 radical (unpaired) electrons. The molecule has 6 heteroatoms. The monoisotopic (exact) mass is 339 g/mol. The van der Waals surface area contributed by atoms with Crippen LogP contribution in [-0.4, -0.2) is 29.4 Å². The van der Waals surface area contributed by atoms with E-state index in [-0.39, 0.29) is 0 Å². The van der Waals surface area contributed by atoms with Gasteiger partial charge in [-0.3, -0.25) is 4.48 Å². The van der Waals surface area contributed by atoms with Crippen molar-refractivity contribution in [2.45, 2.75) is 24.6 Å². The molecule has 0 fully saturated rings. The van der Waals surface area contributed by atoms with E-state index >= 15 is 0 Å². The Balaban J connectivity index is 0.000000441. The van der Waals surface area contributed by atoms with Crippen LogP contribution in [0.3, 0.4) is 0 Å². The number of carboxylic acid groups (broad SMARTS) is 1. The molecule has 3 nitrogen and oxygen atoms in total. The number of carbonyl (C=O) groups is 1. The van der Waals surface area contributed by atoms with E-state index < -0.39 is 9.76 Å². The molecule has 0 atom stereocenters. The Bertz CT molecular complexity index is 392. The fourth-order valence-corrected chi connectivity index (χ4v) is 1.96. The largest absolute Gasteiger partial charge is 0.545 e. The van der Waals surface area contributed by atoms with Crippen LogP contribution >= 0.6 is 34.8 Å². The van der Waals surface area contributed by atoms with Crippen molar-refractivity contribution in [1.82, 2.24) is 4.48 Å². The van der Waals surface area contributed by atoms with E-state index in [2.05, 4.69) is 51.1 Å². The van der Waals surface area contributed by atoms with Gasteiger partial charge in [-0.15, -0.1) is 0 Å². The Morgan fingerprint density at radius 2 is 1.40 bits per heavy atom. The summed E-state index contributed by atoms with van der Waals surface area (Å²) in [6, 6.07) is 10.8. The summed E-state index contributed by atoms with van der Waals surface area (Å²) >= 11 is 14.2. The summed E-state index contributed by atoms with van der Waals surface area (Å²) in [7, 11) is 0. The van der Waals surface area contributed by atoms with Gasteiger partial charge in [-0.25, -0.2) is 0 Å². The zero-order chi connectivity index (χ0) is 15.8. The maximum absolute atomic E-state index is 9.51. The van der Waals surface area contributed by atoms with Gasteiger partial charge in [-0.1, -0.05) is 53.0 Å².